The Morgan fingerprint density at radius 2 is 1.90 bits per heavy atom. The van der Waals surface area contributed by atoms with Gasteiger partial charge < -0.3 is 4.74 Å². The summed E-state index contributed by atoms with van der Waals surface area (Å²) in [5, 5.41) is 5.01. The first-order chi connectivity index (χ1) is 14.6. The molecule has 5 nitrogen and oxygen atoms in total. The maximum atomic E-state index is 14.5. The number of hydrogen-bond acceptors (Lipinski definition) is 4. The first-order valence-electron chi connectivity index (χ1n) is 10.00. The standard InChI is InChI=1S/C23H19ClFN3O2/c24-14-9-10-21-18(11-14)22(17-7-3-4-8-19(17)25)26-13-15-12-20(27-28(15)21)23(29)30-16-5-1-2-6-16/h3-4,7-12,16H,1-2,5-6,13H2. The fourth-order valence-electron chi connectivity index (χ4n) is 4.07. The van der Waals surface area contributed by atoms with Crippen molar-refractivity contribution in [2.75, 3.05) is 0 Å². The summed E-state index contributed by atoms with van der Waals surface area (Å²) in [6, 6.07) is 13.5. The summed E-state index contributed by atoms with van der Waals surface area (Å²) in [5.74, 6) is -0.779. The summed E-state index contributed by atoms with van der Waals surface area (Å²) in [6.45, 7) is 0.250. The number of aliphatic imine (C=N–C) groups is 1. The highest BCUT2D eigenvalue weighted by molar-refractivity contribution is 6.31. The molecule has 3 aromatic rings. The van der Waals surface area contributed by atoms with Crippen molar-refractivity contribution >= 4 is 23.3 Å². The van der Waals surface area contributed by atoms with Gasteiger partial charge in [-0.05, 0) is 62.1 Å². The van der Waals surface area contributed by atoms with Crippen LogP contribution in [0, 0.1) is 5.82 Å². The summed E-state index contributed by atoms with van der Waals surface area (Å²) >= 11 is 6.25. The monoisotopic (exact) mass is 423 g/mol. The topological polar surface area (TPSA) is 56.5 Å². The summed E-state index contributed by atoms with van der Waals surface area (Å²) < 4.78 is 21.8. The summed E-state index contributed by atoms with van der Waals surface area (Å²) in [7, 11) is 0. The van der Waals surface area contributed by atoms with Crippen molar-refractivity contribution < 1.29 is 13.9 Å². The third-order valence-electron chi connectivity index (χ3n) is 5.54. The molecule has 1 aliphatic carbocycles. The van der Waals surface area contributed by atoms with Crippen molar-refractivity contribution in [3.63, 3.8) is 0 Å². The van der Waals surface area contributed by atoms with Crippen LogP contribution in [0.25, 0.3) is 5.69 Å². The van der Waals surface area contributed by atoms with Crippen molar-refractivity contribution in [2.45, 2.75) is 38.3 Å². The van der Waals surface area contributed by atoms with Crippen molar-refractivity contribution in [3.8, 4) is 5.69 Å². The number of benzene rings is 2. The largest absolute Gasteiger partial charge is 0.458 e. The van der Waals surface area contributed by atoms with Crippen molar-refractivity contribution in [3.05, 3.63) is 81.9 Å². The first-order valence-corrected chi connectivity index (χ1v) is 10.4. The Bertz CT molecular complexity index is 1170. The van der Waals surface area contributed by atoms with E-state index in [2.05, 4.69) is 10.1 Å². The fourth-order valence-corrected chi connectivity index (χ4v) is 4.24. The van der Waals surface area contributed by atoms with Crippen LogP contribution in [-0.2, 0) is 11.3 Å². The molecule has 152 valence electrons. The Hall–Kier alpha value is -2.99. The smallest absolute Gasteiger partial charge is 0.359 e. The van der Waals surface area contributed by atoms with Gasteiger partial charge in [0.2, 0.25) is 0 Å². The van der Waals surface area contributed by atoms with Crippen LogP contribution in [0.3, 0.4) is 0 Å². The Kier molecular flexibility index (Phi) is 4.87. The molecule has 2 aliphatic rings. The number of rotatable bonds is 3. The van der Waals surface area contributed by atoms with Crippen LogP contribution in [-0.4, -0.2) is 27.6 Å². The van der Waals surface area contributed by atoms with Crippen LogP contribution in [0.1, 0.15) is 53.0 Å². The average Bonchev–Trinajstić information content (AvgIpc) is 3.37. The van der Waals surface area contributed by atoms with Crippen LogP contribution >= 0.6 is 11.6 Å². The molecular weight excluding hydrogens is 405 g/mol. The van der Waals surface area contributed by atoms with Crippen LogP contribution in [0.5, 0.6) is 0 Å². The molecule has 2 heterocycles. The van der Waals surface area contributed by atoms with Crippen LogP contribution < -0.4 is 0 Å². The molecule has 0 radical (unpaired) electrons. The molecule has 0 atom stereocenters. The minimum atomic E-state index is -0.420. The molecule has 5 rings (SSSR count). The van der Waals surface area contributed by atoms with Gasteiger partial charge in [-0.3, -0.25) is 4.99 Å². The van der Waals surface area contributed by atoms with Gasteiger partial charge in [0.15, 0.2) is 5.69 Å². The molecule has 30 heavy (non-hydrogen) atoms. The third-order valence-corrected chi connectivity index (χ3v) is 5.77. The zero-order chi connectivity index (χ0) is 20.7. The van der Waals surface area contributed by atoms with E-state index in [4.69, 9.17) is 16.3 Å². The fraction of sp³-hybridized carbons (Fsp3) is 0.261. The number of carbonyl (C=O) groups excluding carboxylic acids is 1. The van der Waals surface area contributed by atoms with Crippen LogP contribution in [0.15, 0.2) is 53.5 Å². The maximum absolute atomic E-state index is 14.5. The number of fused-ring (bicyclic) bond motifs is 3. The minimum Gasteiger partial charge on any atom is -0.458 e. The second-order valence-corrected chi connectivity index (χ2v) is 7.99. The molecule has 0 saturated heterocycles. The van der Waals surface area contributed by atoms with Gasteiger partial charge in [0.05, 0.1) is 23.6 Å². The average molecular weight is 424 g/mol. The predicted molar refractivity (Wildman–Crippen MR) is 112 cm³/mol. The zero-order valence-electron chi connectivity index (χ0n) is 16.1. The number of ether oxygens (including phenoxy) is 1. The number of carbonyl (C=O) groups is 1. The van der Waals surface area contributed by atoms with E-state index in [9.17, 15) is 9.18 Å². The van der Waals surface area contributed by atoms with Gasteiger partial charge >= 0.3 is 5.97 Å². The Morgan fingerprint density at radius 3 is 2.70 bits per heavy atom. The molecule has 7 heteroatoms. The third kappa shape index (κ3) is 3.41. The van der Waals surface area contributed by atoms with Gasteiger partial charge in [-0.1, -0.05) is 23.7 Å². The van der Waals surface area contributed by atoms with Gasteiger partial charge in [-0.25, -0.2) is 13.9 Å². The SMILES string of the molecule is O=C(OC1CCCC1)c1cc2n(n1)-c1ccc(Cl)cc1C(c1ccccc1F)=NC2. The first kappa shape index (κ1) is 19.0. The van der Waals surface area contributed by atoms with E-state index in [1.807, 2.05) is 6.07 Å². The van der Waals surface area contributed by atoms with E-state index in [-0.39, 0.29) is 24.2 Å². The molecule has 0 amide bonds. The summed E-state index contributed by atoms with van der Waals surface area (Å²) in [6.07, 6.45) is 3.93. The highest BCUT2D eigenvalue weighted by Gasteiger charge is 2.26. The van der Waals surface area contributed by atoms with Crippen LogP contribution in [0.2, 0.25) is 5.02 Å². The van der Waals surface area contributed by atoms with E-state index in [0.29, 0.717) is 27.5 Å². The molecule has 0 spiro atoms. The van der Waals surface area contributed by atoms with E-state index in [1.165, 1.54) is 6.07 Å². The lowest BCUT2D eigenvalue weighted by Crippen LogP contribution is -2.16. The van der Waals surface area contributed by atoms with E-state index in [0.717, 1.165) is 31.4 Å². The Morgan fingerprint density at radius 1 is 1.10 bits per heavy atom. The van der Waals surface area contributed by atoms with Gasteiger partial charge in [0.1, 0.15) is 11.9 Å². The minimum absolute atomic E-state index is 0.0317. The van der Waals surface area contributed by atoms with E-state index < -0.39 is 5.97 Å². The van der Waals surface area contributed by atoms with Gasteiger partial charge in [-0.2, -0.15) is 5.10 Å². The quantitative estimate of drug-likeness (QED) is 0.550. The zero-order valence-corrected chi connectivity index (χ0v) is 16.9. The Labute approximate surface area is 178 Å². The van der Waals surface area contributed by atoms with Crippen molar-refractivity contribution in [2.24, 2.45) is 4.99 Å². The molecule has 1 saturated carbocycles. The lowest BCUT2D eigenvalue weighted by Gasteiger charge is -2.12. The highest BCUT2D eigenvalue weighted by Crippen LogP contribution is 2.29. The predicted octanol–water partition coefficient (Wildman–Crippen LogP) is 5.12. The second kappa shape index (κ2) is 7.69. The number of halogens is 2. The summed E-state index contributed by atoms with van der Waals surface area (Å²) in [5.41, 5.74) is 3.23. The maximum Gasteiger partial charge on any atom is 0.359 e. The van der Waals surface area contributed by atoms with Gasteiger partial charge in [0, 0.05) is 16.1 Å². The second-order valence-electron chi connectivity index (χ2n) is 7.55. The summed E-state index contributed by atoms with van der Waals surface area (Å²) in [4.78, 5) is 17.3. The number of aromatic nitrogens is 2. The van der Waals surface area contributed by atoms with Crippen LogP contribution in [0.4, 0.5) is 4.39 Å². The number of hydrogen-bond donors (Lipinski definition) is 0. The van der Waals surface area contributed by atoms with Crippen molar-refractivity contribution in [1.29, 1.82) is 0 Å². The molecule has 1 fully saturated rings. The number of esters is 1. The van der Waals surface area contributed by atoms with E-state index >= 15 is 0 Å². The molecule has 2 aromatic carbocycles. The van der Waals surface area contributed by atoms with E-state index in [1.54, 1.807) is 41.1 Å². The lowest BCUT2D eigenvalue weighted by molar-refractivity contribution is 0.0310. The van der Waals surface area contributed by atoms with Crippen molar-refractivity contribution in [1.82, 2.24) is 9.78 Å². The molecule has 0 N–H and O–H groups in total. The highest BCUT2D eigenvalue weighted by atomic mass is 35.5. The molecule has 0 unspecified atom stereocenters. The molecule has 1 aliphatic heterocycles. The number of nitrogens with zero attached hydrogens (tertiary/aromatic N) is 3. The van der Waals surface area contributed by atoms with Gasteiger partial charge in [0.25, 0.3) is 0 Å². The molecular formula is C23H19ClFN3O2. The molecule has 0 bridgehead atoms. The Balaban J connectivity index is 1.57. The van der Waals surface area contributed by atoms with Gasteiger partial charge in [-0.15, -0.1) is 0 Å². The lowest BCUT2D eigenvalue weighted by atomic mass is 10.00. The molecule has 1 aromatic heterocycles. The normalized spacial score (nSPS) is 15.9.